The predicted molar refractivity (Wildman–Crippen MR) is 75.1 cm³/mol. The van der Waals surface area contributed by atoms with Crippen LogP contribution in [-0.4, -0.2) is 30.2 Å². The van der Waals surface area contributed by atoms with Crippen molar-refractivity contribution in [3.8, 4) is 11.5 Å². The monoisotopic (exact) mass is 293 g/mol. The molecule has 1 heterocycles. The summed E-state index contributed by atoms with van der Waals surface area (Å²) in [5.74, 6) is -0.217. The Morgan fingerprint density at radius 1 is 1.43 bits per heavy atom. The molecular formula is C15H19NO5. The van der Waals surface area contributed by atoms with E-state index in [1.165, 1.54) is 6.92 Å². The highest BCUT2D eigenvalue weighted by Crippen LogP contribution is 2.41. The zero-order valence-electron chi connectivity index (χ0n) is 12.3. The summed E-state index contributed by atoms with van der Waals surface area (Å²) in [6.45, 7) is 5.07. The Balaban J connectivity index is 1.98. The fourth-order valence-electron chi connectivity index (χ4n) is 2.13. The Kier molecular flexibility index (Phi) is 4.06. The van der Waals surface area contributed by atoms with Crippen LogP contribution in [-0.2, 0) is 20.7 Å². The third-order valence-electron chi connectivity index (χ3n) is 3.11. The summed E-state index contributed by atoms with van der Waals surface area (Å²) in [5, 5.41) is 0. The number of para-hydroxylation sites is 1. The summed E-state index contributed by atoms with van der Waals surface area (Å²) >= 11 is 0. The molecule has 114 valence electrons. The lowest BCUT2D eigenvalue weighted by Crippen LogP contribution is -2.32. The maximum Gasteiger partial charge on any atom is 0.344 e. The van der Waals surface area contributed by atoms with E-state index in [1.807, 2.05) is 26.0 Å². The highest BCUT2D eigenvalue weighted by molar-refractivity contribution is 5.82. The normalized spacial score (nSPS) is 16.5. The maximum atomic E-state index is 11.6. The summed E-state index contributed by atoms with van der Waals surface area (Å²) in [7, 11) is 0. The van der Waals surface area contributed by atoms with Gasteiger partial charge in [-0.3, -0.25) is 4.79 Å². The first-order chi connectivity index (χ1) is 9.78. The SMILES string of the molecule is C[C@H](OC(=O)COc1cccc2c1OC(C)(C)C2)C(N)=O. The van der Waals surface area contributed by atoms with Gasteiger partial charge >= 0.3 is 5.97 Å². The van der Waals surface area contributed by atoms with Gasteiger partial charge in [0, 0.05) is 12.0 Å². The first-order valence-electron chi connectivity index (χ1n) is 6.71. The number of primary amides is 1. The third-order valence-corrected chi connectivity index (χ3v) is 3.11. The number of benzene rings is 1. The van der Waals surface area contributed by atoms with Gasteiger partial charge in [-0.05, 0) is 26.8 Å². The Morgan fingerprint density at radius 3 is 2.81 bits per heavy atom. The van der Waals surface area contributed by atoms with Crippen molar-refractivity contribution in [1.29, 1.82) is 0 Å². The van der Waals surface area contributed by atoms with Crippen LogP contribution in [0.25, 0.3) is 0 Å². The first-order valence-corrected chi connectivity index (χ1v) is 6.71. The lowest BCUT2D eigenvalue weighted by Gasteiger charge is -2.18. The number of hydrogen-bond donors (Lipinski definition) is 1. The minimum absolute atomic E-state index is 0.289. The van der Waals surface area contributed by atoms with E-state index < -0.39 is 18.0 Å². The Hall–Kier alpha value is -2.24. The van der Waals surface area contributed by atoms with Gasteiger partial charge in [-0.2, -0.15) is 0 Å². The molecule has 2 rings (SSSR count). The lowest BCUT2D eigenvalue weighted by molar-refractivity contribution is -0.155. The van der Waals surface area contributed by atoms with Crippen LogP contribution in [0.5, 0.6) is 11.5 Å². The van der Waals surface area contributed by atoms with Crippen LogP contribution >= 0.6 is 0 Å². The van der Waals surface area contributed by atoms with Crippen molar-refractivity contribution in [1.82, 2.24) is 0 Å². The molecule has 0 aromatic heterocycles. The fraction of sp³-hybridized carbons (Fsp3) is 0.467. The molecule has 21 heavy (non-hydrogen) atoms. The average Bonchev–Trinajstić information content (AvgIpc) is 2.70. The van der Waals surface area contributed by atoms with E-state index >= 15 is 0 Å². The molecule has 0 spiro atoms. The number of fused-ring (bicyclic) bond motifs is 1. The largest absolute Gasteiger partial charge is 0.483 e. The summed E-state index contributed by atoms with van der Waals surface area (Å²) in [6.07, 6.45) is -0.194. The number of rotatable bonds is 5. The van der Waals surface area contributed by atoms with Gasteiger partial charge in [0.2, 0.25) is 0 Å². The Morgan fingerprint density at radius 2 is 2.14 bits per heavy atom. The van der Waals surface area contributed by atoms with Gasteiger partial charge in [-0.15, -0.1) is 0 Å². The van der Waals surface area contributed by atoms with E-state index in [0.29, 0.717) is 11.5 Å². The second kappa shape index (κ2) is 5.63. The topological polar surface area (TPSA) is 87.8 Å². The number of esters is 1. The number of ether oxygens (including phenoxy) is 3. The van der Waals surface area contributed by atoms with Crippen LogP contribution in [0.4, 0.5) is 0 Å². The maximum absolute atomic E-state index is 11.6. The molecule has 0 fully saturated rings. The van der Waals surface area contributed by atoms with Gasteiger partial charge < -0.3 is 19.9 Å². The smallest absolute Gasteiger partial charge is 0.344 e. The standard InChI is InChI=1S/C15H19NO5/c1-9(14(16)18)20-12(17)8-19-11-6-4-5-10-7-15(2,3)21-13(10)11/h4-6,9H,7-8H2,1-3H3,(H2,16,18)/t9-/m0/s1. The zero-order valence-corrected chi connectivity index (χ0v) is 12.3. The second-order valence-electron chi connectivity index (χ2n) is 5.61. The third kappa shape index (κ3) is 3.65. The van der Waals surface area contributed by atoms with Crippen molar-refractivity contribution in [3.05, 3.63) is 23.8 Å². The highest BCUT2D eigenvalue weighted by atomic mass is 16.6. The van der Waals surface area contributed by atoms with E-state index in [9.17, 15) is 9.59 Å². The molecule has 0 saturated heterocycles. The van der Waals surface area contributed by atoms with Crippen molar-refractivity contribution in [2.24, 2.45) is 5.73 Å². The van der Waals surface area contributed by atoms with E-state index in [-0.39, 0.29) is 12.2 Å². The van der Waals surface area contributed by atoms with Crippen molar-refractivity contribution in [2.75, 3.05) is 6.61 Å². The molecule has 1 aliphatic rings. The average molecular weight is 293 g/mol. The van der Waals surface area contributed by atoms with Crippen molar-refractivity contribution >= 4 is 11.9 Å². The molecule has 0 unspecified atom stereocenters. The Bertz CT molecular complexity index is 567. The first kappa shape index (κ1) is 15.2. The molecule has 0 saturated carbocycles. The molecular weight excluding hydrogens is 274 g/mol. The van der Waals surface area contributed by atoms with E-state index in [4.69, 9.17) is 19.9 Å². The van der Waals surface area contributed by atoms with E-state index in [1.54, 1.807) is 6.07 Å². The number of amides is 1. The molecule has 1 aromatic rings. The van der Waals surface area contributed by atoms with Crippen LogP contribution in [0.15, 0.2) is 18.2 Å². The highest BCUT2D eigenvalue weighted by Gasteiger charge is 2.32. The van der Waals surface area contributed by atoms with Crippen molar-refractivity contribution < 1.29 is 23.8 Å². The van der Waals surface area contributed by atoms with Gasteiger partial charge in [0.15, 0.2) is 24.2 Å². The van der Waals surface area contributed by atoms with Crippen molar-refractivity contribution in [3.63, 3.8) is 0 Å². The van der Waals surface area contributed by atoms with E-state index in [2.05, 4.69) is 0 Å². The molecule has 6 nitrogen and oxygen atoms in total. The van der Waals surface area contributed by atoms with E-state index in [0.717, 1.165) is 12.0 Å². The minimum atomic E-state index is -0.974. The molecule has 0 bridgehead atoms. The molecule has 1 amide bonds. The zero-order chi connectivity index (χ0) is 15.6. The number of hydrogen-bond acceptors (Lipinski definition) is 5. The lowest BCUT2D eigenvalue weighted by atomic mass is 10.0. The summed E-state index contributed by atoms with van der Waals surface area (Å²) in [6, 6.07) is 5.53. The Labute approximate surface area is 123 Å². The van der Waals surface area contributed by atoms with Crippen LogP contribution in [0.1, 0.15) is 26.3 Å². The molecule has 0 radical (unpaired) electrons. The van der Waals surface area contributed by atoms with Gasteiger partial charge in [0.1, 0.15) is 5.60 Å². The molecule has 1 aliphatic heterocycles. The van der Waals surface area contributed by atoms with Gasteiger partial charge in [-0.1, -0.05) is 12.1 Å². The van der Waals surface area contributed by atoms with Crippen LogP contribution in [0.2, 0.25) is 0 Å². The summed E-state index contributed by atoms with van der Waals surface area (Å²) in [5.41, 5.74) is 5.77. The summed E-state index contributed by atoms with van der Waals surface area (Å²) < 4.78 is 16.1. The molecule has 2 N–H and O–H groups in total. The van der Waals surface area contributed by atoms with Gasteiger partial charge in [-0.25, -0.2) is 4.79 Å². The number of carbonyl (C=O) groups is 2. The van der Waals surface area contributed by atoms with Crippen LogP contribution in [0.3, 0.4) is 0 Å². The molecule has 1 atom stereocenters. The number of carbonyl (C=O) groups excluding carboxylic acids is 2. The van der Waals surface area contributed by atoms with Crippen LogP contribution < -0.4 is 15.2 Å². The van der Waals surface area contributed by atoms with Crippen LogP contribution in [0, 0.1) is 0 Å². The number of nitrogens with two attached hydrogens (primary N) is 1. The quantitative estimate of drug-likeness (QED) is 0.824. The van der Waals surface area contributed by atoms with Gasteiger partial charge in [0.25, 0.3) is 5.91 Å². The predicted octanol–water partition coefficient (Wildman–Crippen LogP) is 1.20. The summed E-state index contributed by atoms with van der Waals surface area (Å²) in [4.78, 5) is 22.4. The minimum Gasteiger partial charge on any atom is -0.483 e. The fourth-order valence-corrected chi connectivity index (χ4v) is 2.13. The van der Waals surface area contributed by atoms with Gasteiger partial charge in [0.05, 0.1) is 0 Å². The molecule has 1 aromatic carbocycles. The van der Waals surface area contributed by atoms with Crippen molar-refractivity contribution in [2.45, 2.75) is 38.9 Å². The molecule has 6 heteroatoms. The molecule has 0 aliphatic carbocycles. The second-order valence-corrected chi connectivity index (χ2v) is 5.61.